The third-order valence-electron chi connectivity index (χ3n) is 15.6. The fourth-order valence-corrected chi connectivity index (χ4v) is 10.3. The molecule has 0 aliphatic carbocycles. The molecular weight excluding hydrogens is 961 g/mol. The maximum Gasteiger partial charge on any atom is 0.306 e. The molecule has 0 saturated heterocycles. The van der Waals surface area contributed by atoms with Crippen molar-refractivity contribution >= 4 is 17.9 Å². The Morgan fingerprint density at radius 1 is 0.256 bits per heavy atom. The van der Waals surface area contributed by atoms with Crippen molar-refractivity contribution in [3.63, 3.8) is 0 Å². The standard InChI is InChI=1S/C72H132O6/c1-4-7-10-13-16-19-22-25-27-29-31-33-34-35-36-37-38-40-41-43-45-47-50-53-56-59-62-65-71(74)77-68-69(67-76-70(73)64-61-58-55-52-49-24-21-18-15-12-9-6-3)78-72(75)66-63-60-57-54-51-48-46-44-42-39-32-30-28-26-23-20-17-14-11-8-5-2/h18,21,23,26,30,32,42,44,69H,4-17,19-20,22,24-25,27-29,31,33-41,43,45-68H2,1-3H3/b21-18-,26-23-,32-30-,44-42-. The molecule has 0 aliphatic rings. The van der Waals surface area contributed by atoms with Crippen molar-refractivity contribution in [2.45, 2.75) is 380 Å². The van der Waals surface area contributed by atoms with E-state index in [-0.39, 0.29) is 31.1 Å². The van der Waals surface area contributed by atoms with Crippen LogP contribution >= 0.6 is 0 Å². The van der Waals surface area contributed by atoms with Crippen LogP contribution < -0.4 is 0 Å². The number of esters is 3. The topological polar surface area (TPSA) is 78.9 Å². The second kappa shape index (κ2) is 66.9. The minimum Gasteiger partial charge on any atom is -0.462 e. The Morgan fingerprint density at radius 2 is 0.462 bits per heavy atom. The lowest BCUT2D eigenvalue weighted by molar-refractivity contribution is -0.167. The summed E-state index contributed by atoms with van der Waals surface area (Å²) in [6.45, 7) is 6.65. The summed E-state index contributed by atoms with van der Waals surface area (Å²) in [5.74, 6) is -0.878. The smallest absolute Gasteiger partial charge is 0.306 e. The average Bonchev–Trinajstić information content (AvgIpc) is 3.44. The lowest BCUT2D eigenvalue weighted by Crippen LogP contribution is -2.30. The van der Waals surface area contributed by atoms with Crippen molar-refractivity contribution in [1.82, 2.24) is 0 Å². The summed E-state index contributed by atoms with van der Waals surface area (Å²) < 4.78 is 16.9. The van der Waals surface area contributed by atoms with Crippen molar-refractivity contribution in [3.05, 3.63) is 48.6 Å². The maximum atomic E-state index is 12.9. The molecule has 0 amide bonds. The van der Waals surface area contributed by atoms with E-state index < -0.39 is 6.10 Å². The fourth-order valence-electron chi connectivity index (χ4n) is 10.3. The summed E-state index contributed by atoms with van der Waals surface area (Å²) in [6, 6.07) is 0. The van der Waals surface area contributed by atoms with Gasteiger partial charge in [0.05, 0.1) is 0 Å². The first-order valence-electron chi connectivity index (χ1n) is 34.6. The number of ether oxygens (including phenoxy) is 3. The number of hydrogen-bond acceptors (Lipinski definition) is 6. The number of unbranched alkanes of at least 4 members (excludes halogenated alkanes) is 45. The second-order valence-electron chi connectivity index (χ2n) is 23.4. The van der Waals surface area contributed by atoms with Crippen molar-refractivity contribution in [1.29, 1.82) is 0 Å². The Balaban J connectivity index is 4.23. The van der Waals surface area contributed by atoms with E-state index in [2.05, 4.69) is 69.4 Å². The largest absolute Gasteiger partial charge is 0.462 e. The fraction of sp³-hybridized carbons (Fsp3) is 0.847. The van der Waals surface area contributed by atoms with Gasteiger partial charge in [-0.1, -0.05) is 320 Å². The highest BCUT2D eigenvalue weighted by molar-refractivity contribution is 5.71. The van der Waals surface area contributed by atoms with Crippen LogP contribution in [0.5, 0.6) is 0 Å². The van der Waals surface area contributed by atoms with Crippen molar-refractivity contribution in [2.24, 2.45) is 0 Å². The lowest BCUT2D eigenvalue weighted by Gasteiger charge is -2.18. The van der Waals surface area contributed by atoms with E-state index in [1.54, 1.807) is 0 Å². The molecule has 1 atom stereocenters. The molecule has 0 fully saturated rings. The quantitative estimate of drug-likeness (QED) is 0.0261. The van der Waals surface area contributed by atoms with Gasteiger partial charge in [-0.05, 0) is 83.5 Å². The lowest BCUT2D eigenvalue weighted by atomic mass is 10.0. The van der Waals surface area contributed by atoms with Crippen LogP contribution in [0.3, 0.4) is 0 Å². The predicted octanol–water partition coefficient (Wildman–Crippen LogP) is 23.7. The van der Waals surface area contributed by atoms with Gasteiger partial charge in [0.2, 0.25) is 0 Å². The Hall–Kier alpha value is -2.63. The van der Waals surface area contributed by atoms with E-state index in [0.29, 0.717) is 19.3 Å². The third kappa shape index (κ3) is 64.2. The van der Waals surface area contributed by atoms with Crippen LogP contribution in [0, 0.1) is 0 Å². The van der Waals surface area contributed by atoms with E-state index in [1.807, 2.05) is 0 Å². The van der Waals surface area contributed by atoms with Crippen molar-refractivity contribution in [2.75, 3.05) is 13.2 Å². The number of rotatable bonds is 64. The van der Waals surface area contributed by atoms with Crippen LogP contribution in [-0.2, 0) is 28.6 Å². The molecule has 0 saturated carbocycles. The zero-order valence-corrected chi connectivity index (χ0v) is 52.5. The SMILES string of the molecule is CCCCC/C=C\CCCCCCCC(=O)OCC(COC(=O)CCCCCCCCCCCCCCCCCCCCCCCCCCCCC)OC(=O)CCCCCCCC/C=C\C/C=C\C/C=C\CCCCCCC. The van der Waals surface area contributed by atoms with Gasteiger partial charge >= 0.3 is 17.9 Å². The van der Waals surface area contributed by atoms with Crippen LogP contribution in [0.15, 0.2) is 48.6 Å². The van der Waals surface area contributed by atoms with E-state index in [0.717, 1.165) is 83.5 Å². The Morgan fingerprint density at radius 3 is 0.756 bits per heavy atom. The highest BCUT2D eigenvalue weighted by Crippen LogP contribution is 2.18. The highest BCUT2D eigenvalue weighted by Gasteiger charge is 2.19. The molecule has 0 radical (unpaired) electrons. The molecular formula is C72H132O6. The molecule has 6 nitrogen and oxygen atoms in total. The van der Waals surface area contributed by atoms with E-state index >= 15 is 0 Å². The van der Waals surface area contributed by atoms with Crippen LogP contribution in [0.1, 0.15) is 374 Å². The first kappa shape index (κ1) is 75.4. The Labute approximate surface area is 486 Å². The Bertz CT molecular complexity index is 1350. The van der Waals surface area contributed by atoms with Gasteiger partial charge in [0.15, 0.2) is 6.10 Å². The normalized spacial score (nSPS) is 12.3. The maximum absolute atomic E-state index is 12.9. The van der Waals surface area contributed by atoms with Gasteiger partial charge in [-0.3, -0.25) is 14.4 Å². The summed E-state index contributed by atoms with van der Waals surface area (Å²) in [5.41, 5.74) is 0. The first-order valence-corrected chi connectivity index (χ1v) is 34.6. The van der Waals surface area contributed by atoms with Gasteiger partial charge in [-0.25, -0.2) is 0 Å². The third-order valence-corrected chi connectivity index (χ3v) is 15.6. The highest BCUT2D eigenvalue weighted by atomic mass is 16.6. The summed E-state index contributed by atoms with van der Waals surface area (Å²) in [4.78, 5) is 38.3. The molecule has 0 aromatic rings. The molecule has 0 N–H and O–H groups in total. The molecule has 0 heterocycles. The molecule has 0 rings (SSSR count). The molecule has 0 bridgehead atoms. The van der Waals surface area contributed by atoms with Gasteiger partial charge in [0.25, 0.3) is 0 Å². The van der Waals surface area contributed by atoms with Crippen LogP contribution in [0.4, 0.5) is 0 Å². The monoisotopic (exact) mass is 1090 g/mol. The molecule has 6 heteroatoms. The molecule has 78 heavy (non-hydrogen) atoms. The zero-order valence-electron chi connectivity index (χ0n) is 52.5. The van der Waals surface area contributed by atoms with E-state index in [9.17, 15) is 14.4 Å². The summed E-state index contributed by atoms with van der Waals surface area (Å²) in [5, 5.41) is 0. The molecule has 0 aliphatic heterocycles. The number of carbonyl (C=O) groups excluding carboxylic acids is 3. The van der Waals surface area contributed by atoms with Gasteiger partial charge < -0.3 is 14.2 Å². The predicted molar refractivity (Wildman–Crippen MR) is 339 cm³/mol. The summed E-state index contributed by atoms with van der Waals surface area (Å²) in [7, 11) is 0. The molecule has 0 aromatic heterocycles. The summed E-state index contributed by atoms with van der Waals surface area (Å²) >= 11 is 0. The minimum atomic E-state index is -0.783. The van der Waals surface area contributed by atoms with Gasteiger partial charge in [-0.2, -0.15) is 0 Å². The zero-order chi connectivity index (χ0) is 56.4. The average molecular weight is 1090 g/mol. The van der Waals surface area contributed by atoms with Crippen molar-refractivity contribution < 1.29 is 28.6 Å². The van der Waals surface area contributed by atoms with E-state index in [4.69, 9.17) is 14.2 Å². The summed E-state index contributed by atoms with van der Waals surface area (Å²) in [6.07, 6.45) is 84.3. The van der Waals surface area contributed by atoms with E-state index in [1.165, 1.54) is 250 Å². The molecule has 1 unspecified atom stereocenters. The van der Waals surface area contributed by atoms with Gasteiger partial charge in [-0.15, -0.1) is 0 Å². The van der Waals surface area contributed by atoms with Crippen molar-refractivity contribution in [3.8, 4) is 0 Å². The van der Waals surface area contributed by atoms with Crippen LogP contribution in [0.25, 0.3) is 0 Å². The Kier molecular flexibility index (Phi) is 64.6. The molecule has 456 valence electrons. The minimum absolute atomic E-state index is 0.0776. The van der Waals surface area contributed by atoms with Gasteiger partial charge in [0, 0.05) is 19.3 Å². The van der Waals surface area contributed by atoms with Crippen LogP contribution in [-0.4, -0.2) is 37.2 Å². The van der Waals surface area contributed by atoms with Crippen LogP contribution in [0.2, 0.25) is 0 Å². The number of allylic oxidation sites excluding steroid dienone is 8. The molecule has 0 aromatic carbocycles. The number of hydrogen-bond donors (Lipinski definition) is 0. The molecule has 0 spiro atoms. The number of carbonyl (C=O) groups is 3. The first-order chi connectivity index (χ1) is 38.5. The second-order valence-corrected chi connectivity index (χ2v) is 23.4. The van der Waals surface area contributed by atoms with Gasteiger partial charge in [0.1, 0.15) is 13.2 Å².